The van der Waals surface area contributed by atoms with Crippen molar-refractivity contribution in [3.8, 4) is 0 Å². The first-order valence-electron chi connectivity index (χ1n) is 4.80. The summed E-state index contributed by atoms with van der Waals surface area (Å²) < 4.78 is 0. The van der Waals surface area contributed by atoms with E-state index in [9.17, 15) is 4.79 Å². The van der Waals surface area contributed by atoms with Gasteiger partial charge < -0.3 is 16.2 Å². The average Bonchev–Trinajstić information content (AvgIpc) is 2.82. The molecule has 76 valence electrons. The number of carbonyl (C=O) groups is 1. The molecule has 1 amide bonds. The third-order valence-corrected chi connectivity index (χ3v) is 2.24. The molecule has 0 aromatic heterocycles. The van der Waals surface area contributed by atoms with Crippen LogP contribution in [0.15, 0.2) is 0 Å². The van der Waals surface area contributed by atoms with Gasteiger partial charge in [0.05, 0.1) is 6.10 Å². The molecule has 1 fully saturated rings. The zero-order chi connectivity index (χ0) is 9.84. The van der Waals surface area contributed by atoms with Crippen LogP contribution in [0.3, 0.4) is 0 Å². The minimum atomic E-state index is -0.485. The SMILES string of the molecule is CC(O)CNC(=O)CC(N)C1CC1. The molecule has 0 radical (unpaired) electrons. The Morgan fingerprint density at radius 1 is 1.69 bits per heavy atom. The van der Waals surface area contributed by atoms with E-state index in [1.54, 1.807) is 6.92 Å². The van der Waals surface area contributed by atoms with Crippen molar-refractivity contribution in [3.63, 3.8) is 0 Å². The van der Waals surface area contributed by atoms with Crippen molar-refractivity contribution in [2.75, 3.05) is 6.54 Å². The second-order valence-electron chi connectivity index (χ2n) is 3.86. The minimum Gasteiger partial charge on any atom is -0.392 e. The Hall–Kier alpha value is -0.610. The van der Waals surface area contributed by atoms with E-state index in [2.05, 4.69) is 5.32 Å². The number of rotatable bonds is 5. The number of hydrogen-bond donors (Lipinski definition) is 3. The van der Waals surface area contributed by atoms with Crippen molar-refractivity contribution < 1.29 is 9.90 Å². The zero-order valence-electron chi connectivity index (χ0n) is 7.99. The molecule has 1 saturated carbocycles. The molecule has 2 unspecified atom stereocenters. The first kappa shape index (κ1) is 10.5. The molecule has 13 heavy (non-hydrogen) atoms. The van der Waals surface area contributed by atoms with Crippen LogP contribution in [0.1, 0.15) is 26.2 Å². The lowest BCUT2D eigenvalue weighted by atomic mass is 10.1. The Balaban J connectivity index is 2.09. The van der Waals surface area contributed by atoms with Crippen molar-refractivity contribution in [2.24, 2.45) is 11.7 Å². The summed E-state index contributed by atoms with van der Waals surface area (Å²) in [6.07, 6.45) is 2.22. The molecule has 4 N–H and O–H groups in total. The summed E-state index contributed by atoms with van der Waals surface area (Å²) in [5, 5.41) is 11.5. The lowest BCUT2D eigenvalue weighted by molar-refractivity contribution is -0.121. The van der Waals surface area contributed by atoms with Crippen LogP contribution < -0.4 is 11.1 Å². The van der Waals surface area contributed by atoms with Crippen molar-refractivity contribution >= 4 is 5.91 Å². The van der Waals surface area contributed by atoms with Crippen molar-refractivity contribution in [2.45, 2.75) is 38.3 Å². The van der Waals surface area contributed by atoms with Crippen LogP contribution in [0.4, 0.5) is 0 Å². The number of aliphatic hydroxyl groups excluding tert-OH is 1. The van der Waals surface area contributed by atoms with Gasteiger partial charge in [0.1, 0.15) is 0 Å². The van der Waals surface area contributed by atoms with Gasteiger partial charge in [-0.05, 0) is 25.7 Å². The fourth-order valence-electron chi connectivity index (χ4n) is 1.24. The maximum atomic E-state index is 11.2. The molecule has 1 aliphatic carbocycles. The smallest absolute Gasteiger partial charge is 0.221 e. The van der Waals surface area contributed by atoms with Gasteiger partial charge in [-0.2, -0.15) is 0 Å². The maximum absolute atomic E-state index is 11.2. The van der Waals surface area contributed by atoms with Crippen molar-refractivity contribution in [3.05, 3.63) is 0 Å². The van der Waals surface area contributed by atoms with Crippen LogP contribution in [0.5, 0.6) is 0 Å². The van der Waals surface area contributed by atoms with E-state index in [1.807, 2.05) is 0 Å². The lowest BCUT2D eigenvalue weighted by Gasteiger charge is -2.11. The van der Waals surface area contributed by atoms with Gasteiger partial charge in [0, 0.05) is 19.0 Å². The number of nitrogens with one attached hydrogen (secondary N) is 1. The van der Waals surface area contributed by atoms with Gasteiger partial charge in [-0.3, -0.25) is 4.79 Å². The van der Waals surface area contributed by atoms with Crippen molar-refractivity contribution in [1.82, 2.24) is 5.32 Å². The van der Waals surface area contributed by atoms with E-state index in [4.69, 9.17) is 10.8 Å². The summed E-state index contributed by atoms with van der Waals surface area (Å²) in [4.78, 5) is 11.2. The van der Waals surface area contributed by atoms with Crippen LogP contribution in [0.2, 0.25) is 0 Å². The van der Waals surface area contributed by atoms with E-state index >= 15 is 0 Å². The molecular weight excluding hydrogens is 168 g/mol. The quantitative estimate of drug-likeness (QED) is 0.547. The van der Waals surface area contributed by atoms with Gasteiger partial charge in [-0.25, -0.2) is 0 Å². The number of carbonyl (C=O) groups excluding carboxylic acids is 1. The van der Waals surface area contributed by atoms with Crippen LogP contribution in [-0.4, -0.2) is 29.7 Å². The Kier molecular flexibility index (Phi) is 3.69. The molecule has 0 aromatic carbocycles. The van der Waals surface area contributed by atoms with Crippen LogP contribution in [0, 0.1) is 5.92 Å². The molecule has 0 aromatic rings. The van der Waals surface area contributed by atoms with Crippen LogP contribution in [-0.2, 0) is 4.79 Å². The molecule has 1 rings (SSSR count). The first-order valence-corrected chi connectivity index (χ1v) is 4.80. The number of aliphatic hydroxyl groups is 1. The molecule has 0 heterocycles. The fourth-order valence-corrected chi connectivity index (χ4v) is 1.24. The molecule has 2 atom stereocenters. The first-order chi connectivity index (χ1) is 6.09. The third-order valence-electron chi connectivity index (χ3n) is 2.24. The highest BCUT2D eigenvalue weighted by Crippen LogP contribution is 2.32. The van der Waals surface area contributed by atoms with E-state index in [-0.39, 0.29) is 11.9 Å². The Morgan fingerprint density at radius 2 is 2.31 bits per heavy atom. The average molecular weight is 186 g/mol. The van der Waals surface area contributed by atoms with Gasteiger partial charge in [0.2, 0.25) is 5.91 Å². The van der Waals surface area contributed by atoms with E-state index in [0.717, 1.165) is 12.8 Å². The Labute approximate surface area is 78.5 Å². The molecule has 4 heteroatoms. The molecular formula is C9H18N2O2. The van der Waals surface area contributed by atoms with E-state index in [1.165, 1.54) is 0 Å². The maximum Gasteiger partial charge on any atom is 0.221 e. The van der Waals surface area contributed by atoms with E-state index < -0.39 is 6.10 Å². The molecule has 0 aliphatic heterocycles. The molecule has 0 saturated heterocycles. The standard InChI is InChI=1S/C9H18N2O2/c1-6(12)5-11-9(13)4-8(10)7-2-3-7/h6-8,12H,2-5,10H2,1H3,(H,11,13). The predicted molar refractivity (Wildman–Crippen MR) is 50.0 cm³/mol. The lowest BCUT2D eigenvalue weighted by Crippen LogP contribution is -2.36. The molecule has 0 spiro atoms. The van der Waals surface area contributed by atoms with Crippen LogP contribution >= 0.6 is 0 Å². The van der Waals surface area contributed by atoms with Gasteiger partial charge in [-0.1, -0.05) is 0 Å². The topological polar surface area (TPSA) is 75.3 Å². The van der Waals surface area contributed by atoms with Gasteiger partial charge >= 0.3 is 0 Å². The van der Waals surface area contributed by atoms with Gasteiger partial charge in [0.25, 0.3) is 0 Å². The summed E-state index contributed by atoms with van der Waals surface area (Å²) in [5.41, 5.74) is 5.76. The second kappa shape index (κ2) is 4.58. The highest BCUT2D eigenvalue weighted by Gasteiger charge is 2.29. The Bertz CT molecular complexity index is 178. The van der Waals surface area contributed by atoms with Crippen LogP contribution in [0.25, 0.3) is 0 Å². The summed E-state index contributed by atoms with van der Waals surface area (Å²) in [6, 6.07) is 0.00833. The van der Waals surface area contributed by atoms with Gasteiger partial charge in [-0.15, -0.1) is 0 Å². The van der Waals surface area contributed by atoms with Gasteiger partial charge in [0.15, 0.2) is 0 Å². The molecule has 1 aliphatic rings. The third kappa shape index (κ3) is 4.24. The Morgan fingerprint density at radius 3 is 2.77 bits per heavy atom. The molecule has 0 bridgehead atoms. The number of nitrogens with two attached hydrogens (primary N) is 1. The van der Waals surface area contributed by atoms with Crippen molar-refractivity contribution in [1.29, 1.82) is 0 Å². The number of amides is 1. The summed E-state index contributed by atoms with van der Waals surface area (Å²) in [5.74, 6) is 0.498. The fraction of sp³-hybridized carbons (Fsp3) is 0.889. The monoisotopic (exact) mass is 186 g/mol. The summed E-state index contributed by atoms with van der Waals surface area (Å²) in [7, 11) is 0. The highest BCUT2D eigenvalue weighted by molar-refractivity contribution is 5.76. The zero-order valence-corrected chi connectivity index (χ0v) is 7.99. The predicted octanol–water partition coefficient (Wildman–Crippen LogP) is -0.389. The highest BCUT2D eigenvalue weighted by atomic mass is 16.3. The van der Waals surface area contributed by atoms with E-state index in [0.29, 0.717) is 18.9 Å². The largest absolute Gasteiger partial charge is 0.392 e. The number of hydrogen-bond acceptors (Lipinski definition) is 3. The molecule has 4 nitrogen and oxygen atoms in total. The minimum absolute atomic E-state index is 0.00833. The second-order valence-corrected chi connectivity index (χ2v) is 3.86. The summed E-state index contributed by atoms with van der Waals surface area (Å²) in [6.45, 7) is 1.96. The normalized spacial score (nSPS) is 20.8. The summed E-state index contributed by atoms with van der Waals surface area (Å²) >= 11 is 0.